The van der Waals surface area contributed by atoms with E-state index in [1.807, 2.05) is 0 Å². The van der Waals surface area contributed by atoms with Gasteiger partial charge in [-0.15, -0.1) is 0 Å². The van der Waals surface area contributed by atoms with Crippen LogP contribution in [0.2, 0.25) is 0 Å². The number of hydrogen-bond acceptors (Lipinski definition) is 26. The predicted octanol–water partition coefficient (Wildman–Crippen LogP) is -10.8. The van der Waals surface area contributed by atoms with Gasteiger partial charge in [-0.25, -0.2) is 4.57 Å². The Balaban J connectivity index is 1.86. The largest absolute Gasteiger partial charge is 0.472 e. The lowest BCUT2D eigenvalue weighted by atomic mass is 9.92. The summed E-state index contributed by atoms with van der Waals surface area (Å²) in [6.07, 6.45) is -43.8. The third kappa shape index (κ3) is 11.6. The molecule has 0 aromatic carbocycles. The molecule has 1 unspecified atom stereocenters. The first-order chi connectivity index (χ1) is 27.7. The molecule has 59 heavy (non-hydrogen) atoms. The van der Waals surface area contributed by atoms with Gasteiger partial charge in [0.15, 0.2) is 25.2 Å². The minimum atomic E-state index is -5.35. The number of aliphatic hydroxyl groups excluding tert-OH is 14. The Bertz CT molecular complexity index is 1360. The standard InChI is InChI=1S/C30H55N2O26P/c1-8(37)32-13-16(42)14(40)11(6-35)51-28(13)57-26-24(58-59(48,49)50-3-2-31)19(45)21(9(38)4-33)54-30(26)55-23-20(46)27(47)53-22(10(39)5-34)25(23)56-29-18(44)17(43)15(41)12(7-36)52-29/h9-30,33-36,38-47H,2-7,31H2,1H3,(H,32,37)(H,48,49)/t9-,10-,11+,12+,13+,14+,15+,16+,17-,18+,19+,20-,21+,22+,23+,24-,25+,26-,27-,28+,29-,30+/m0/s1. The minimum absolute atomic E-state index is 0.334. The maximum absolute atomic E-state index is 13.2. The van der Waals surface area contributed by atoms with Gasteiger partial charge in [-0.2, -0.15) is 0 Å². The van der Waals surface area contributed by atoms with Crippen molar-refractivity contribution in [2.45, 2.75) is 142 Å². The number of hydrogen-bond donors (Lipinski definition) is 17. The number of rotatable bonds is 18. The van der Waals surface area contributed by atoms with E-state index in [1.54, 1.807) is 0 Å². The summed E-state index contributed by atoms with van der Waals surface area (Å²) in [6.45, 7) is -4.18. The van der Waals surface area contributed by atoms with Crippen molar-refractivity contribution in [3.8, 4) is 0 Å². The molecular weight excluding hydrogens is 835 g/mol. The Morgan fingerprint density at radius 2 is 1.20 bits per heavy atom. The number of ether oxygens (including phenoxy) is 7. The summed E-state index contributed by atoms with van der Waals surface area (Å²) >= 11 is 0. The first-order valence-electron chi connectivity index (χ1n) is 18.2. The Hall–Kier alpha value is -1.30. The smallest absolute Gasteiger partial charge is 0.394 e. The lowest BCUT2D eigenvalue weighted by Gasteiger charge is -2.51. The van der Waals surface area contributed by atoms with Gasteiger partial charge < -0.3 is 121 Å². The number of aliphatic hydroxyl groups is 14. The quantitative estimate of drug-likeness (QED) is 0.0568. The highest BCUT2D eigenvalue weighted by Crippen LogP contribution is 2.48. The molecule has 0 aliphatic carbocycles. The highest BCUT2D eigenvalue weighted by atomic mass is 31.2. The lowest BCUT2D eigenvalue weighted by molar-refractivity contribution is -0.400. The topological polar surface area (TPSA) is 459 Å². The Morgan fingerprint density at radius 3 is 1.76 bits per heavy atom. The van der Waals surface area contributed by atoms with Crippen LogP contribution in [-0.4, -0.2) is 257 Å². The fourth-order valence-corrected chi connectivity index (χ4v) is 7.77. The highest BCUT2D eigenvalue weighted by molar-refractivity contribution is 7.47. The van der Waals surface area contributed by atoms with E-state index in [0.717, 1.165) is 6.92 Å². The monoisotopic (exact) mass is 890 g/mol. The molecule has 1 amide bonds. The van der Waals surface area contributed by atoms with Crippen molar-refractivity contribution < 1.29 is 128 Å². The predicted molar refractivity (Wildman–Crippen MR) is 181 cm³/mol. The Kier molecular flexibility index (Phi) is 18.7. The van der Waals surface area contributed by atoms with E-state index in [4.69, 9.17) is 47.9 Å². The molecule has 0 radical (unpaired) electrons. The lowest BCUT2D eigenvalue weighted by Crippen LogP contribution is -2.70. The van der Waals surface area contributed by atoms with Gasteiger partial charge in [0.2, 0.25) is 5.91 Å². The van der Waals surface area contributed by atoms with Crippen LogP contribution in [0.1, 0.15) is 6.92 Å². The SMILES string of the molecule is CC(=O)N[C@H]1[C@@H](O[C@@H]2[C@@H](O[C@@H]3[C@H](O)[C@@H](O)O[C@H]([C@@H](O)CO)[C@H]3O[C@@H]3O[C@H](CO)[C@@H](O)[C@H](O)[C@H]3O)O[C@H]([C@@H](O)CO)[C@@H](O)[C@@H]2OP(=O)(O)OCCN)O[C@H](CO)[C@@H](O)[C@@H]1O. The fraction of sp³-hybridized carbons (Fsp3) is 0.967. The molecule has 0 aromatic heterocycles. The number of amides is 1. The van der Waals surface area contributed by atoms with Crippen LogP contribution >= 0.6 is 7.82 Å². The summed E-state index contributed by atoms with van der Waals surface area (Å²) in [5.41, 5.74) is 5.38. The van der Waals surface area contributed by atoms with E-state index >= 15 is 0 Å². The first kappa shape index (κ1) is 50.3. The van der Waals surface area contributed by atoms with E-state index in [-0.39, 0.29) is 6.54 Å². The minimum Gasteiger partial charge on any atom is -0.394 e. The molecule has 4 fully saturated rings. The van der Waals surface area contributed by atoms with Crippen LogP contribution in [0.4, 0.5) is 0 Å². The van der Waals surface area contributed by atoms with Crippen molar-refractivity contribution in [3.63, 3.8) is 0 Å². The van der Waals surface area contributed by atoms with Crippen LogP contribution in [0.25, 0.3) is 0 Å². The van der Waals surface area contributed by atoms with Crippen LogP contribution in [0.15, 0.2) is 0 Å². The number of phosphoric acid groups is 1. The zero-order chi connectivity index (χ0) is 44.1. The first-order valence-corrected chi connectivity index (χ1v) is 19.7. The summed E-state index contributed by atoms with van der Waals surface area (Å²) in [7, 11) is -5.35. The van der Waals surface area contributed by atoms with Gasteiger partial charge in [-0.05, 0) is 0 Å². The number of phosphoric ester groups is 1. The second-order valence-electron chi connectivity index (χ2n) is 14.0. The zero-order valence-electron chi connectivity index (χ0n) is 31.2. The van der Waals surface area contributed by atoms with Gasteiger partial charge in [0.1, 0.15) is 110 Å². The van der Waals surface area contributed by atoms with Crippen molar-refractivity contribution >= 4 is 13.7 Å². The third-order valence-corrected chi connectivity index (χ3v) is 10.9. The molecule has 4 aliphatic rings. The molecule has 0 aromatic rings. The van der Waals surface area contributed by atoms with Crippen molar-refractivity contribution in [2.24, 2.45) is 5.73 Å². The molecule has 0 saturated carbocycles. The van der Waals surface area contributed by atoms with Crippen LogP contribution in [0, 0.1) is 0 Å². The van der Waals surface area contributed by atoms with Crippen molar-refractivity contribution in [1.82, 2.24) is 5.32 Å². The highest BCUT2D eigenvalue weighted by Gasteiger charge is 2.59. The molecule has 4 rings (SSSR count). The van der Waals surface area contributed by atoms with Gasteiger partial charge in [0.05, 0.1) is 33.0 Å². The molecule has 0 bridgehead atoms. The average molecular weight is 891 g/mol. The zero-order valence-corrected chi connectivity index (χ0v) is 32.1. The summed E-state index contributed by atoms with van der Waals surface area (Å²) in [5, 5.41) is 150. The Morgan fingerprint density at radius 1 is 0.661 bits per heavy atom. The normalized spacial score (nSPS) is 45.3. The van der Waals surface area contributed by atoms with Gasteiger partial charge in [0, 0.05) is 13.5 Å². The van der Waals surface area contributed by atoms with Gasteiger partial charge >= 0.3 is 7.82 Å². The van der Waals surface area contributed by atoms with E-state index in [1.165, 1.54) is 0 Å². The third-order valence-electron chi connectivity index (χ3n) is 9.86. The van der Waals surface area contributed by atoms with Crippen LogP contribution < -0.4 is 11.1 Å². The summed E-state index contributed by atoms with van der Waals surface area (Å²) in [5.74, 6) is -0.844. The second-order valence-corrected chi connectivity index (χ2v) is 15.4. The van der Waals surface area contributed by atoms with E-state index in [9.17, 15) is 85.7 Å². The van der Waals surface area contributed by atoms with E-state index < -0.39 is 182 Å². The van der Waals surface area contributed by atoms with Crippen molar-refractivity contribution in [2.75, 3.05) is 39.6 Å². The summed E-state index contributed by atoms with van der Waals surface area (Å²) in [6, 6.07) is -1.76. The van der Waals surface area contributed by atoms with Crippen LogP contribution in [-0.2, 0) is 51.6 Å². The van der Waals surface area contributed by atoms with Crippen molar-refractivity contribution in [1.29, 1.82) is 0 Å². The number of carbonyl (C=O) groups excluding carboxylic acids is 1. The number of nitrogens with one attached hydrogen (secondary N) is 1. The second kappa shape index (κ2) is 21.9. The molecule has 18 N–H and O–H groups in total. The molecule has 23 atom stereocenters. The summed E-state index contributed by atoms with van der Waals surface area (Å²) < 4.78 is 63.1. The van der Waals surface area contributed by atoms with Gasteiger partial charge in [0.25, 0.3) is 0 Å². The molecule has 28 nitrogen and oxygen atoms in total. The molecule has 4 aliphatic heterocycles. The van der Waals surface area contributed by atoms with Gasteiger partial charge in [-0.3, -0.25) is 13.8 Å². The molecular formula is C30H55N2O26P. The average Bonchev–Trinajstić information content (AvgIpc) is 3.20. The van der Waals surface area contributed by atoms with Crippen LogP contribution in [0.3, 0.4) is 0 Å². The van der Waals surface area contributed by atoms with Gasteiger partial charge in [-0.1, -0.05) is 0 Å². The maximum atomic E-state index is 13.2. The molecule has 0 spiro atoms. The molecule has 4 heterocycles. The van der Waals surface area contributed by atoms with E-state index in [0.29, 0.717) is 0 Å². The molecule has 346 valence electrons. The van der Waals surface area contributed by atoms with E-state index in [2.05, 4.69) is 5.32 Å². The van der Waals surface area contributed by atoms with Crippen molar-refractivity contribution in [3.05, 3.63) is 0 Å². The Labute approximate surface area is 334 Å². The summed E-state index contributed by atoms with van der Waals surface area (Å²) in [4.78, 5) is 22.8. The molecule has 4 saturated heterocycles. The number of nitrogens with two attached hydrogens (primary N) is 1. The number of carbonyl (C=O) groups is 1. The maximum Gasteiger partial charge on any atom is 0.472 e. The van der Waals surface area contributed by atoms with Crippen LogP contribution in [0.5, 0.6) is 0 Å². The fourth-order valence-electron chi connectivity index (χ4n) is 6.82. The molecule has 29 heteroatoms.